The standard InChI is InChI=1S/C28H50OSi2/c1-7-30(8-2,9-3)25-23-28(24-26-31(10-4,11-5)12-6)22-20-18-16-14-13-15-17-19-21-27(28)29/h7-22H2,1-6H3. The fourth-order valence-electron chi connectivity index (χ4n) is 4.89. The highest BCUT2D eigenvalue weighted by Gasteiger charge is 2.36. The smallest absolute Gasteiger partial charge is 0.162 e. The van der Waals surface area contributed by atoms with E-state index < -0.39 is 21.6 Å². The first-order chi connectivity index (χ1) is 14.9. The molecule has 0 heterocycles. The Morgan fingerprint density at radius 2 is 0.968 bits per heavy atom. The molecular formula is C28H50OSi2. The normalized spacial score (nSPS) is 18.6. The van der Waals surface area contributed by atoms with Gasteiger partial charge in [0.05, 0.1) is 0 Å². The van der Waals surface area contributed by atoms with Crippen molar-refractivity contribution in [1.82, 2.24) is 0 Å². The summed E-state index contributed by atoms with van der Waals surface area (Å²) < 4.78 is 0. The predicted octanol–water partition coefficient (Wildman–Crippen LogP) is 8.56. The van der Waals surface area contributed by atoms with Crippen molar-refractivity contribution >= 4 is 21.9 Å². The van der Waals surface area contributed by atoms with E-state index >= 15 is 0 Å². The van der Waals surface area contributed by atoms with Gasteiger partial charge in [-0.3, -0.25) is 4.79 Å². The molecule has 0 saturated heterocycles. The van der Waals surface area contributed by atoms with Gasteiger partial charge >= 0.3 is 0 Å². The molecule has 0 radical (unpaired) electrons. The number of Topliss-reactive ketones (excluding diaryl/α,β-unsaturated/α-hetero) is 1. The zero-order valence-corrected chi connectivity index (χ0v) is 23.7. The van der Waals surface area contributed by atoms with Crippen LogP contribution in [0.25, 0.3) is 0 Å². The van der Waals surface area contributed by atoms with Crippen LogP contribution in [0.5, 0.6) is 0 Å². The van der Waals surface area contributed by atoms with Crippen LogP contribution >= 0.6 is 0 Å². The summed E-state index contributed by atoms with van der Waals surface area (Å²) in [6.07, 6.45) is 11.3. The topological polar surface area (TPSA) is 17.1 Å². The minimum Gasteiger partial charge on any atom is -0.297 e. The second kappa shape index (κ2) is 14.4. The Labute approximate surface area is 197 Å². The average molecular weight is 459 g/mol. The third-order valence-corrected chi connectivity index (χ3v) is 17.8. The second-order valence-electron chi connectivity index (χ2n) is 9.84. The quantitative estimate of drug-likeness (QED) is 0.288. The lowest BCUT2D eigenvalue weighted by molar-refractivity contribution is -0.124. The maximum atomic E-state index is 13.7. The van der Waals surface area contributed by atoms with E-state index in [0.717, 1.165) is 19.3 Å². The molecule has 1 fully saturated rings. The van der Waals surface area contributed by atoms with Gasteiger partial charge < -0.3 is 0 Å². The Balaban J connectivity index is 3.52. The third-order valence-electron chi connectivity index (χ3n) is 8.32. The molecule has 1 aliphatic rings. The number of rotatable bonds is 6. The zero-order chi connectivity index (χ0) is 23.2. The summed E-state index contributed by atoms with van der Waals surface area (Å²) in [5, 5.41) is 0. The minimum atomic E-state index is -1.62. The lowest BCUT2D eigenvalue weighted by Crippen LogP contribution is -2.35. The summed E-state index contributed by atoms with van der Waals surface area (Å²) in [5.41, 5.74) is 6.91. The van der Waals surface area contributed by atoms with Crippen LogP contribution in [-0.4, -0.2) is 21.9 Å². The molecule has 176 valence electrons. The van der Waals surface area contributed by atoms with Gasteiger partial charge in [-0.05, 0) is 49.1 Å². The van der Waals surface area contributed by atoms with E-state index in [0.29, 0.717) is 12.2 Å². The van der Waals surface area contributed by atoms with Crippen molar-refractivity contribution in [3.8, 4) is 22.9 Å². The highest BCUT2D eigenvalue weighted by molar-refractivity contribution is 6.87. The molecule has 1 rings (SSSR count). The summed E-state index contributed by atoms with van der Waals surface area (Å²) in [4.78, 5) is 13.7. The molecule has 31 heavy (non-hydrogen) atoms. The van der Waals surface area contributed by atoms with E-state index in [1.807, 2.05) is 0 Å². The largest absolute Gasteiger partial charge is 0.297 e. The lowest BCUT2D eigenvalue weighted by atomic mass is 9.78. The summed E-state index contributed by atoms with van der Waals surface area (Å²) >= 11 is 0. The number of hydrogen-bond acceptors (Lipinski definition) is 1. The number of carbonyl (C=O) groups is 1. The molecule has 0 aromatic heterocycles. The molecule has 0 atom stereocenters. The molecule has 1 nitrogen and oxygen atoms in total. The number of ketones is 1. The zero-order valence-electron chi connectivity index (χ0n) is 21.7. The van der Waals surface area contributed by atoms with Gasteiger partial charge in [-0.2, -0.15) is 0 Å². The van der Waals surface area contributed by atoms with Crippen molar-refractivity contribution < 1.29 is 4.79 Å². The van der Waals surface area contributed by atoms with Gasteiger partial charge in [0, 0.05) is 6.42 Å². The van der Waals surface area contributed by atoms with Gasteiger partial charge in [0.25, 0.3) is 0 Å². The first-order valence-electron chi connectivity index (χ1n) is 13.5. The van der Waals surface area contributed by atoms with Crippen LogP contribution in [0.2, 0.25) is 36.3 Å². The van der Waals surface area contributed by atoms with Gasteiger partial charge in [0.1, 0.15) is 21.6 Å². The number of hydrogen-bond donors (Lipinski definition) is 0. The molecule has 1 aliphatic carbocycles. The van der Waals surface area contributed by atoms with E-state index in [1.165, 1.54) is 74.8 Å². The van der Waals surface area contributed by atoms with Crippen LogP contribution in [0.3, 0.4) is 0 Å². The molecule has 0 N–H and O–H groups in total. The monoisotopic (exact) mass is 458 g/mol. The van der Waals surface area contributed by atoms with Crippen LogP contribution in [0, 0.1) is 28.3 Å². The lowest BCUT2D eigenvalue weighted by Gasteiger charge is -2.27. The molecule has 0 spiro atoms. The van der Waals surface area contributed by atoms with Crippen molar-refractivity contribution in [2.24, 2.45) is 5.41 Å². The van der Waals surface area contributed by atoms with E-state index in [9.17, 15) is 4.79 Å². The Bertz CT molecular complexity index is 595. The van der Waals surface area contributed by atoms with Gasteiger partial charge in [0.15, 0.2) is 5.78 Å². The minimum absolute atomic E-state index is 0.338. The second-order valence-corrected chi connectivity index (χ2v) is 19.7. The third kappa shape index (κ3) is 8.25. The first-order valence-corrected chi connectivity index (χ1v) is 18.8. The molecule has 1 saturated carbocycles. The van der Waals surface area contributed by atoms with Crippen LogP contribution in [0.1, 0.15) is 106 Å². The summed E-state index contributed by atoms with van der Waals surface area (Å²) in [5.74, 6) is 7.71. The molecule has 0 amide bonds. The van der Waals surface area contributed by atoms with Crippen molar-refractivity contribution in [2.75, 3.05) is 0 Å². The molecular weight excluding hydrogens is 408 g/mol. The summed E-state index contributed by atoms with van der Waals surface area (Å²) in [7, 11) is -3.23. The Morgan fingerprint density at radius 3 is 1.35 bits per heavy atom. The summed E-state index contributed by atoms with van der Waals surface area (Å²) in [6.45, 7) is 13.8. The molecule has 0 bridgehead atoms. The van der Waals surface area contributed by atoms with Gasteiger partial charge in [-0.15, -0.1) is 11.1 Å². The van der Waals surface area contributed by atoms with E-state index in [-0.39, 0.29) is 0 Å². The van der Waals surface area contributed by atoms with E-state index in [1.54, 1.807) is 0 Å². The fourth-order valence-corrected chi connectivity index (χ4v) is 9.91. The maximum absolute atomic E-state index is 13.7. The maximum Gasteiger partial charge on any atom is 0.162 e. The highest BCUT2D eigenvalue weighted by atomic mass is 28.3. The molecule has 0 unspecified atom stereocenters. The molecule has 0 aliphatic heterocycles. The molecule has 3 heteroatoms. The van der Waals surface area contributed by atoms with Crippen molar-refractivity contribution in [3.05, 3.63) is 0 Å². The van der Waals surface area contributed by atoms with Crippen LogP contribution in [-0.2, 0) is 4.79 Å². The van der Waals surface area contributed by atoms with Crippen LogP contribution in [0.15, 0.2) is 0 Å². The SMILES string of the molecule is CC[Si](C#CC1(C#C[Si](CC)(CC)CC)CCCCCCCCCCC1=O)(CC)CC. The van der Waals surface area contributed by atoms with Crippen molar-refractivity contribution in [3.63, 3.8) is 0 Å². The Hall–Kier alpha value is -0.776. The first kappa shape index (κ1) is 28.3. The fraction of sp³-hybridized carbons (Fsp3) is 0.821. The van der Waals surface area contributed by atoms with E-state index in [2.05, 4.69) is 64.5 Å². The Morgan fingerprint density at radius 1 is 0.613 bits per heavy atom. The van der Waals surface area contributed by atoms with Crippen molar-refractivity contribution in [2.45, 2.75) is 142 Å². The average Bonchev–Trinajstić information content (AvgIpc) is 2.81. The van der Waals surface area contributed by atoms with Gasteiger partial charge in [0.2, 0.25) is 0 Å². The molecule has 0 aromatic carbocycles. The van der Waals surface area contributed by atoms with Crippen LogP contribution < -0.4 is 0 Å². The highest BCUT2D eigenvalue weighted by Crippen LogP contribution is 2.31. The van der Waals surface area contributed by atoms with E-state index in [4.69, 9.17) is 0 Å². The summed E-state index contributed by atoms with van der Waals surface area (Å²) in [6, 6.07) is 7.10. The van der Waals surface area contributed by atoms with Gasteiger partial charge in [-0.1, -0.05) is 98.3 Å². The van der Waals surface area contributed by atoms with Crippen molar-refractivity contribution in [1.29, 1.82) is 0 Å². The predicted molar refractivity (Wildman–Crippen MR) is 144 cm³/mol. The van der Waals surface area contributed by atoms with Gasteiger partial charge in [-0.25, -0.2) is 0 Å². The Kier molecular flexibility index (Phi) is 13.1. The number of carbonyl (C=O) groups excluding carboxylic acids is 1. The van der Waals surface area contributed by atoms with Crippen LogP contribution in [0.4, 0.5) is 0 Å². The molecule has 0 aromatic rings.